The largest absolute Gasteiger partial charge is 0.462 e. The van der Waals surface area contributed by atoms with Crippen molar-refractivity contribution in [3.05, 3.63) is 11.6 Å². The molecule has 0 radical (unpaired) electrons. The predicted octanol–water partition coefficient (Wildman–Crippen LogP) is 2.54. The van der Waals surface area contributed by atoms with Gasteiger partial charge in [0.2, 0.25) is 0 Å². The van der Waals surface area contributed by atoms with E-state index in [4.69, 9.17) is 4.74 Å². The Labute approximate surface area is 85.3 Å². The van der Waals surface area contributed by atoms with Crippen molar-refractivity contribution >= 4 is 5.97 Å². The molecular weight excluding hydrogens is 176 g/mol. The molecule has 3 aliphatic carbocycles. The molecule has 0 amide bonds. The molecule has 2 nitrogen and oxygen atoms in total. The number of rotatable bonds is 1. The van der Waals surface area contributed by atoms with E-state index in [0.29, 0.717) is 17.3 Å². The van der Waals surface area contributed by atoms with Crippen LogP contribution in [0, 0.1) is 17.3 Å². The average Bonchev–Trinajstić information content (AvgIpc) is 2.01. The Morgan fingerprint density at radius 2 is 2.21 bits per heavy atom. The molecule has 0 aromatic heterocycles. The van der Waals surface area contributed by atoms with Gasteiger partial charge in [-0.1, -0.05) is 25.5 Å². The highest BCUT2D eigenvalue weighted by atomic mass is 16.5. The van der Waals surface area contributed by atoms with E-state index in [-0.39, 0.29) is 12.1 Å². The van der Waals surface area contributed by atoms with Crippen molar-refractivity contribution in [3.63, 3.8) is 0 Å². The summed E-state index contributed by atoms with van der Waals surface area (Å²) in [4.78, 5) is 11.0. The van der Waals surface area contributed by atoms with Crippen LogP contribution in [-0.2, 0) is 9.53 Å². The van der Waals surface area contributed by atoms with Crippen LogP contribution in [0.4, 0.5) is 0 Å². The van der Waals surface area contributed by atoms with Gasteiger partial charge in [0, 0.05) is 18.8 Å². The van der Waals surface area contributed by atoms with Gasteiger partial charge in [0.05, 0.1) is 0 Å². The molecule has 14 heavy (non-hydrogen) atoms. The smallest absolute Gasteiger partial charge is 0.302 e. The number of carbonyl (C=O) groups is 1. The minimum Gasteiger partial charge on any atom is -0.462 e. The maximum absolute atomic E-state index is 11.0. The summed E-state index contributed by atoms with van der Waals surface area (Å²) in [5.74, 6) is 0.834. The lowest BCUT2D eigenvalue weighted by Gasteiger charge is -2.60. The van der Waals surface area contributed by atoms with Crippen molar-refractivity contribution in [1.82, 2.24) is 0 Å². The molecule has 0 aromatic carbocycles. The SMILES string of the molecule is CC(=O)OC1C2CC=C(C)C1C2(C)C. The Balaban J connectivity index is 2.20. The number of hydrogen-bond acceptors (Lipinski definition) is 2. The van der Waals surface area contributed by atoms with Crippen molar-refractivity contribution in [3.8, 4) is 0 Å². The molecule has 3 atom stereocenters. The number of fused-ring (bicyclic) bond motifs is 1. The summed E-state index contributed by atoms with van der Waals surface area (Å²) in [6.07, 6.45) is 3.50. The van der Waals surface area contributed by atoms with Crippen LogP contribution in [0.25, 0.3) is 0 Å². The van der Waals surface area contributed by atoms with Crippen LogP contribution < -0.4 is 0 Å². The van der Waals surface area contributed by atoms with Crippen LogP contribution in [-0.4, -0.2) is 12.1 Å². The third kappa shape index (κ3) is 1.13. The molecule has 1 fully saturated rings. The van der Waals surface area contributed by atoms with Gasteiger partial charge in [-0.2, -0.15) is 0 Å². The quantitative estimate of drug-likeness (QED) is 0.473. The second-order valence-electron chi connectivity index (χ2n) is 5.16. The standard InChI is InChI=1S/C12H18O2/c1-7-5-6-9-11(14-8(2)13)10(7)12(9,3)4/h5,9-11H,6H2,1-4H3. The van der Waals surface area contributed by atoms with E-state index >= 15 is 0 Å². The third-order valence-corrected chi connectivity index (χ3v) is 3.97. The molecule has 0 aliphatic heterocycles. The van der Waals surface area contributed by atoms with Gasteiger partial charge in [0.15, 0.2) is 0 Å². The first kappa shape index (κ1) is 9.75. The molecule has 0 heterocycles. The Morgan fingerprint density at radius 1 is 1.57 bits per heavy atom. The van der Waals surface area contributed by atoms with E-state index in [9.17, 15) is 4.79 Å². The zero-order chi connectivity index (χ0) is 10.5. The van der Waals surface area contributed by atoms with E-state index in [2.05, 4.69) is 26.8 Å². The average molecular weight is 194 g/mol. The number of carbonyl (C=O) groups excluding carboxylic acids is 1. The number of hydrogen-bond donors (Lipinski definition) is 0. The normalized spacial score (nSPS) is 38.3. The zero-order valence-electron chi connectivity index (χ0n) is 9.33. The van der Waals surface area contributed by atoms with Gasteiger partial charge < -0.3 is 4.74 Å². The van der Waals surface area contributed by atoms with Crippen molar-refractivity contribution < 1.29 is 9.53 Å². The number of allylic oxidation sites excluding steroid dienone is 1. The summed E-state index contributed by atoms with van der Waals surface area (Å²) in [6.45, 7) is 8.20. The van der Waals surface area contributed by atoms with E-state index in [1.807, 2.05) is 0 Å². The van der Waals surface area contributed by atoms with Crippen LogP contribution in [0.5, 0.6) is 0 Å². The van der Waals surface area contributed by atoms with Gasteiger partial charge in [0.1, 0.15) is 6.10 Å². The number of esters is 1. The lowest BCUT2D eigenvalue weighted by atomic mass is 9.47. The molecular formula is C12H18O2. The molecule has 0 N–H and O–H groups in total. The Morgan fingerprint density at radius 3 is 2.64 bits per heavy atom. The summed E-state index contributed by atoms with van der Waals surface area (Å²) in [5, 5.41) is 0. The van der Waals surface area contributed by atoms with Gasteiger partial charge in [0.25, 0.3) is 0 Å². The predicted molar refractivity (Wildman–Crippen MR) is 54.7 cm³/mol. The fourth-order valence-electron chi connectivity index (χ4n) is 3.26. The van der Waals surface area contributed by atoms with E-state index in [1.165, 1.54) is 12.5 Å². The highest BCUT2D eigenvalue weighted by molar-refractivity contribution is 5.66. The van der Waals surface area contributed by atoms with Crippen molar-refractivity contribution in [2.45, 2.75) is 40.2 Å². The fourth-order valence-corrected chi connectivity index (χ4v) is 3.26. The zero-order valence-corrected chi connectivity index (χ0v) is 9.33. The monoisotopic (exact) mass is 194 g/mol. The third-order valence-electron chi connectivity index (χ3n) is 3.97. The topological polar surface area (TPSA) is 26.3 Å². The molecule has 0 aromatic rings. The van der Waals surface area contributed by atoms with Crippen LogP contribution in [0.3, 0.4) is 0 Å². The Hall–Kier alpha value is -0.790. The Kier molecular flexibility index (Phi) is 1.98. The van der Waals surface area contributed by atoms with Crippen LogP contribution in [0.1, 0.15) is 34.1 Å². The van der Waals surface area contributed by atoms with Crippen molar-refractivity contribution in [1.29, 1.82) is 0 Å². The lowest BCUT2D eigenvalue weighted by molar-refractivity contribution is -0.190. The van der Waals surface area contributed by atoms with Crippen molar-refractivity contribution in [2.75, 3.05) is 0 Å². The molecule has 0 saturated heterocycles. The van der Waals surface area contributed by atoms with E-state index < -0.39 is 0 Å². The maximum atomic E-state index is 11.0. The number of ether oxygens (including phenoxy) is 1. The van der Waals surface area contributed by atoms with E-state index in [0.717, 1.165) is 6.42 Å². The van der Waals surface area contributed by atoms with Gasteiger partial charge >= 0.3 is 5.97 Å². The van der Waals surface area contributed by atoms with Crippen LogP contribution in [0.2, 0.25) is 0 Å². The molecule has 78 valence electrons. The molecule has 0 spiro atoms. The molecule has 2 heteroatoms. The van der Waals surface area contributed by atoms with Gasteiger partial charge in [-0.3, -0.25) is 4.79 Å². The van der Waals surface area contributed by atoms with Crippen LogP contribution in [0.15, 0.2) is 11.6 Å². The summed E-state index contributed by atoms with van der Waals surface area (Å²) in [5.41, 5.74) is 1.71. The first-order chi connectivity index (χ1) is 6.44. The molecule has 3 aliphatic rings. The lowest BCUT2D eigenvalue weighted by Crippen LogP contribution is -2.61. The van der Waals surface area contributed by atoms with Gasteiger partial charge in [-0.15, -0.1) is 0 Å². The summed E-state index contributed by atoms with van der Waals surface area (Å²) in [7, 11) is 0. The maximum Gasteiger partial charge on any atom is 0.302 e. The summed E-state index contributed by atoms with van der Waals surface area (Å²) in [6, 6.07) is 0. The first-order valence-electron chi connectivity index (χ1n) is 5.28. The summed E-state index contributed by atoms with van der Waals surface area (Å²) < 4.78 is 5.38. The summed E-state index contributed by atoms with van der Waals surface area (Å²) >= 11 is 0. The molecule has 3 unspecified atom stereocenters. The fraction of sp³-hybridized carbons (Fsp3) is 0.750. The van der Waals surface area contributed by atoms with Gasteiger partial charge in [-0.05, 0) is 18.8 Å². The van der Waals surface area contributed by atoms with E-state index in [1.54, 1.807) is 0 Å². The molecule has 3 rings (SSSR count). The minimum absolute atomic E-state index is 0.143. The van der Waals surface area contributed by atoms with Crippen molar-refractivity contribution in [2.24, 2.45) is 17.3 Å². The second-order valence-corrected chi connectivity index (χ2v) is 5.16. The minimum atomic E-state index is -0.143. The van der Waals surface area contributed by atoms with Gasteiger partial charge in [-0.25, -0.2) is 0 Å². The second kappa shape index (κ2) is 2.85. The molecule has 1 saturated carbocycles. The highest BCUT2D eigenvalue weighted by Gasteiger charge is 2.59. The molecule has 2 bridgehead atoms. The Bertz CT molecular complexity index is 301. The highest BCUT2D eigenvalue weighted by Crippen LogP contribution is 2.60. The van der Waals surface area contributed by atoms with Crippen LogP contribution >= 0.6 is 0 Å². The first-order valence-corrected chi connectivity index (χ1v) is 5.28.